The number of benzene rings is 1. The molecular weight excluding hydrogens is 286 g/mol. The molecule has 0 saturated heterocycles. The lowest BCUT2D eigenvalue weighted by Gasteiger charge is -2.09. The van der Waals surface area contributed by atoms with Gasteiger partial charge in [-0.1, -0.05) is 25.1 Å². The summed E-state index contributed by atoms with van der Waals surface area (Å²) in [5.41, 5.74) is 6.41. The molecule has 2 rings (SSSR count). The van der Waals surface area contributed by atoms with Gasteiger partial charge in [-0.15, -0.1) is 0 Å². The molecule has 0 radical (unpaired) electrons. The third-order valence-electron chi connectivity index (χ3n) is 2.70. The van der Waals surface area contributed by atoms with Gasteiger partial charge in [-0.3, -0.25) is 0 Å². The van der Waals surface area contributed by atoms with E-state index in [1.165, 1.54) is 12.8 Å². The maximum absolute atomic E-state index is 5.69. The van der Waals surface area contributed by atoms with Crippen LogP contribution in [0.3, 0.4) is 0 Å². The van der Waals surface area contributed by atoms with Crippen molar-refractivity contribution in [2.24, 2.45) is 11.7 Å². The summed E-state index contributed by atoms with van der Waals surface area (Å²) in [6.07, 6.45) is 3.89. The SMILES string of the molecule is NC(=S)c1ccc(OCCC2CC2)c(Br)c1. The molecule has 0 aromatic heterocycles. The highest BCUT2D eigenvalue weighted by Gasteiger charge is 2.20. The molecule has 2 N–H and O–H groups in total. The summed E-state index contributed by atoms with van der Waals surface area (Å²) in [5, 5.41) is 0. The van der Waals surface area contributed by atoms with Crippen LogP contribution in [-0.4, -0.2) is 11.6 Å². The van der Waals surface area contributed by atoms with E-state index in [0.717, 1.165) is 34.7 Å². The predicted molar refractivity (Wildman–Crippen MR) is 72.9 cm³/mol. The van der Waals surface area contributed by atoms with Crippen LogP contribution >= 0.6 is 28.1 Å². The van der Waals surface area contributed by atoms with E-state index in [1.807, 2.05) is 18.2 Å². The van der Waals surface area contributed by atoms with Crippen molar-refractivity contribution in [3.05, 3.63) is 28.2 Å². The minimum absolute atomic E-state index is 0.408. The van der Waals surface area contributed by atoms with Crippen molar-refractivity contribution in [3.63, 3.8) is 0 Å². The minimum Gasteiger partial charge on any atom is -0.492 e. The summed E-state index contributed by atoms with van der Waals surface area (Å²) in [6, 6.07) is 5.69. The van der Waals surface area contributed by atoms with Gasteiger partial charge in [-0.05, 0) is 46.5 Å². The lowest BCUT2D eigenvalue weighted by molar-refractivity contribution is 0.300. The summed E-state index contributed by atoms with van der Waals surface area (Å²) in [6.45, 7) is 0.787. The fraction of sp³-hybridized carbons (Fsp3) is 0.417. The molecule has 0 heterocycles. The molecule has 0 unspecified atom stereocenters. The third-order valence-corrected chi connectivity index (χ3v) is 3.55. The van der Waals surface area contributed by atoms with Crippen LogP contribution in [0.5, 0.6) is 5.75 Å². The van der Waals surface area contributed by atoms with Gasteiger partial charge in [-0.25, -0.2) is 0 Å². The predicted octanol–water partition coefficient (Wildman–Crippen LogP) is 3.26. The molecular formula is C12H14BrNOS. The van der Waals surface area contributed by atoms with Crippen LogP contribution in [0.15, 0.2) is 22.7 Å². The Morgan fingerprint density at radius 2 is 2.25 bits per heavy atom. The lowest BCUT2D eigenvalue weighted by atomic mass is 10.2. The first-order chi connectivity index (χ1) is 7.66. The summed E-state index contributed by atoms with van der Waals surface area (Å²) in [7, 11) is 0. The largest absolute Gasteiger partial charge is 0.492 e. The zero-order valence-electron chi connectivity index (χ0n) is 8.91. The number of halogens is 1. The Bertz CT molecular complexity index is 404. The van der Waals surface area contributed by atoms with Crippen molar-refractivity contribution in [2.45, 2.75) is 19.3 Å². The molecule has 0 spiro atoms. The van der Waals surface area contributed by atoms with Crippen molar-refractivity contribution >= 4 is 33.1 Å². The van der Waals surface area contributed by atoms with Gasteiger partial charge >= 0.3 is 0 Å². The Kier molecular flexibility index (Phi) is 3.82. The van der Waals surface area contributed by atoms with Crippen LogP contribution in [0, 0.1) is 5.92 Å². The van der Waals surface area contributed by atoms with Gasteiger partial charge in [0.25, 0.3) is 0 Å². The zero-order valence-corrected chi connectivity index (χ0v) is 11.3. The molecule has 1 fully saturated rings. The highest BCUT2D eigenvalue weighted by atomic mass is 79.9. The van der Waals surface area contributed by atoms with Crippen molar-refractivity contribution in [3.8, 4) is 5.75 Å². The molecule has 16 heavy (non-hydrogen) atoms. The molecule has 2 nitrogen and oxygen atoms in total. The topological polar surface area (TPSA) is 35.2 Å². The second-order valence-corrected chi connectivity index (χ2v) is 5.38. The highest BCUT2D eigenvalue weighted by Crippen LogP contribution is 2.33. The van der Waals surface area contributed by atoms with E-state index in [4.69, 9.17) is 22.7 Å². The zero-order chi connectivity index (χ0) is 11.5. The Morgan fingerprint density at radius 3 is 2.81 bits per heavy atom. The Labute approximate surface area is 109 Å². The summed E-state index contributed by atoms with van der Waals surface area (Å²) >= 11 is 8.37. The molecule has 4 heteroatoms. The Morgan fingerprint density at radius 1 is 1.50 bits per heavy atom. The van der Waals surface area contributed by atoms with Crippen LogP contribution < -0.4 is 10.5 Å². The first-order valence-corrected chi connectivity index (χ1v) is 6.59. The second kappa shape index (κ2) is 5.15. The van der Waals surface area contributed by atoms with E-state index in [1.54, 1.807) is 0 Å². The fourth-order valence-corrected chi connectivity index (χ4v) is 2.13. The number of thiocarbonyl (C=S) groups is 1. The molecule has 0 bridgehead atoms. The van der Waals surface area contributed by atoms with E-state index < -0.39 is 0 Å². The van der Waals surface area contributed by atoms with Gasteiger partial charge in [0.05, 0.1) is 11.1 Å². The van der Waals surface area contributed by atoms with E-state index in [0.29, 0.717) is 4.99 Å². The average Bonchev–Trinajstić information content (AvgIpc) is 3.04. The molecule has 1 aromatic carbocycles. The summed E-state index contributed by atoms with van der Waals surface area (Å²) in [5.74, 6) is 1.76. The van der Waals surface area contributed by atoms with Crippen LogP contribution in [0.4, 0.5) is 0 Å². The number of nitrogens with two attached hydrogens (primary N) is 1. The van der Waals surface area contributed by atoms with E-state index in [9.17, 15) is 0 Å². The summed E-state index contributed by atoms with van der Waals surface area (Å²) < 4.78 is 6.60. The Hall–Kier alpha value is -0.610. The van der Waals surface area contributed by atoms with Gasteiger partial charge in [-0.2, -0.15) is 0 Å². The lowest BCUT2D eigenvalue weighted by Crippen LogP contribution is -2.09. The molecule has 0 atom stereocenters. The number of rotatable bonds is 5. The van der Waals surface area contributed by atoms with Crippen LogP contribution in [-0.2, 0) is 0 Å². The molecule has 1 aliphatic rings. The van der Waals surface area contributed by atoms with Crippen molar-refractivity contribution in [1.82, 2.24) is 0 Å². The van der Waals surface area contributed by atoms with Crippen molar-refractivity contribution < 1.29 is 4.74 Å². The molecule has 1 aromatic rings. The first-order valence-electron chi connectivity index (χ1n) is 5.39. The molecule has 0 aliphatic heterocycles. The van der Waals surface area contributed by atoms with Crippen molar-refractivity contribution in [2.75, 3.05) is 6.61 Å². The number of hydrogen-bond donors (Lipinski definition) is 1. The van der Waals surface area contributed by atoms with E-state index in [2.05, 4.69) is 15.9 Å². The van der Waals surface area contributed by atoms with E-state index >= 15 is 0 Å². The summed E-state index contributed by atoms with van der Waals surface area (Å²) in [4.78, 5) is 0.408. The van der Waals surface area contributed by atoms with Crippen LogP contribution in [0.1, 0.15) is 24.8 Å². The van der Waals surface area contributed by atoms with Gasteiger partial charge in [0.15, 0.2) is 0 Å². The van der Waals surface area contributed by atoms with Crippen LogP contribution in [0.25, 0.3) is 0 Å². The molecule has 86 valence electrons. The molecule has 0 amide bonds. The first kappa shape index (κ1) is 11.9. The van der Waals surface area contributed by atoms with Crippen LogP contribution in [0.2, 0.25) is 0 Å². The number of ether oxygens (including phenoxy) is 1. The maximum atomic E-state index is 5.69. The smallest absolute Gasteiger partial charge is 0.133 e. The van der Waals surface area contributed by atoms with Gasteiger partial charge in [0.1, 0.15) is 10.7 Å². The average molecular weight is 300 g/mol. The standard InChI is InChI=1S/C12H14BrNOS/c13-10-7-9(12(14)16)3-4-11(10)15-6-5-8-1-2-8/h3-4,7-8H,1-2,5-6H2,(H2,14,16). The fourth-order valence-electron chi connectivity index (χ4n) is 1.51. The second-order valence-electron chi connectivity index (χ2n) is 4.09. The van der Waals surface area contributed by atoms with Gasteiger partial charge in [0.2, 0.25) is 0 Å². The van der Waals surface area contributed by atoms with Crippen molar-refractivity contribution in [1.29, 1.82) is 0 Å². The molecule has 1 saturated carbocycles. The van der Waals surface area contributed by atoms with Gasteiger partial charge in [0, 0.05) is 5.56 Å². The third kappa shape index (κ3) is 3.19. The molecule has 1 aliphatic carbocycles. The number of hydrogen-bond acceptors (Lipinski definition) is 2. The monoisotopic (exact) mass is 299 g/mol. The highest BCUT2D eigenvalue weighted by molar-refractivity contribution is 9.10. The minimum atomic E-state index is 0.408. The van der Waals surface area contributed by atoms with Gasteiger partial charge < -0.3 is 10.5 Å². The van der Waals surface area contributed by atoms with E-state index in [-0.39, 0.29) is 0 Å². The Balaban J connectivity index is 1.95. The maximum Gasteiger partial charge on any atom is 0.133 e. The normalized spacial score (nSPS) is 14.8. The quantitative estimate of drug-likeness (QED) is 0.848.